The predicted molar refractivity (Wildman–Crippen MR) is 127 cm³/mol. The molecule has 1 unspecified atom stereocenters. The summed E-state index contributed by atoms with van der Waals surface area (Å²) >= 11 is 0. The van der Waals surface area contributed by atoms with E-state index in [1.165, 1.54) is 23.6 Å². The van der Waals surface area contributed by atoms with E-state index in [0.717, 1.165) is 24.9 Å². The molecule has 0 radical (unpaired) electrons. The van der Waals surface area contributed by atoms with Gasteiger partial charge in [0.05, 0.1) is 20.8 Å². The Morgan fingerprint density at radius 3 is 1.97 bits per heavy atom. The van der Waals surface area contributed by atoms with Crippen molar-refractivity contribution in [2.24, 2.45) is 0 Å². The standard InChI is InChI=1S/C27H29NO3S/c1-22(32(29,30)31)16-17-28-20-25-14-8-9-15-26(25)27(21-28,18-23-10-4-2-5-11-23)19-24-12-6-3-7-13-24/h2-15,20,22H,16-19,21H2,1H3. The lowest BCUT2D eigenvalue weighted by Gasteiger charge is -2.36. The zero-order valence-electron chi connectivity index (χ0n) is 18.4. The molecule has 0 fully saturated rings. The number of rotatable bonds is 8. The van der Waals surface area contributed by atoms with Crippen molar-refractivity contribution in [2.45, 2.75) is 36.9 Å². The zero-order valence-corrected chi connectivity index (χ0v) is 19.2. The largest absolute Gasteiger partial charge is 0.748 e. The lowest BCUT2D eigenvalue weighted by atomic mass is 9.68. The molecule has 0 spiro atoms. The van der Waals surface area contributed by atoms with Crippen LogP contribution in [-0.4, -0.2) is 42.1 Å². The van der Waals surface area contributed by atoms with E-state index in [1.54, 1.807) is 0 Å². The topological polar surface area (TPSA) is 60.2 Å². The number of fused-ring (bicyclic) bond motifs is 1. The van der Waals surface area contributed by atoms with Crippen LogP contribution in [0.3, 0.4) is 0 Å². The minimum atomic E-state index is -4.28. The van der Waals surface area contributed by atoms with Gasteiger partial charge >= 0.3 is 0 Å². The smallest absolute Gasteiger partial charge is 0.171 e. The third kappa shape index (κ3) is 5.17. The van der Waals surface area contributed by atoms with Crippen LogP contribution < -0.4 is 0 Å². The maximum Gasteiger partial charge on any atom is 0.171 e. The van der Waals surface area contributed by atoms with Crippen molar-refractivity contribution >= 4 is 16.3 Å². The Kier molecular flexibility index (Phi) is 6.58. The zero-order chi connectivity index (χ0) is 22.6. The van der Waals surface area contributed by atoms with Crippen LogP contribution >= 0.6 is 0 Å². The Balaban J connectivity index is 1.74. The fourth-order valence-corrected chi connectivity index (χ4v) is 5.18. The van der Waals surface area contributed by atoms with Gasteiger partial charge in [0, 0.05) is 12.0 Å². The first-order valence-electron chi connectivity index (χ1n) is 11.1. The maximum atomic E-state index is 11.4. The summed E-state index contributed by atoms with van der Waals surface area (Å²) in [6.45, 7) is 2.79. The Labute approximate surface area is 191 Å². The van der Waals surface area contributed by atoms with Gasteiger partial charge in [-0.05, 0) is 42.5 Å². The highest BCUT2D eigenvalue weighted by Crippen LogP contribution is 2.37. The molecule has 3 aromatic rings. The molecule has 166 valence electrons. The molecule has 0 bridgehead atoms. The van der Waals surface area contributed by atoms with Gasteiger partial charge < -0.3 is 4.55 Å². The van der Waals surface area contributed by atoms with Gasteiger partial charge in [-0.15, -0.1) is 0 Å². The molecule has 0 saturated carbocycles. The number of benzene rings is 3. The van der Waals surface area contributed by atoms with E-state index in [0.29, 0.717) is 13.0 Å². The first-order valence-corrected chi connectivity index (χ1v) is 12.5. The Hall–Kier alpha value is -2.76. The van der Waals surface area contributed by atoms with Gasteiger partial charge in [0.1, 0.15) is 6.54 Å². The monoisotopic (exact) mass is 447 g/mol. The average Bonchev–Trinajstić information content (AvgIpc) is 2.78. The van der Waals surface area contributed by atoms with E-state index in [2.05, 4.69) is 77.5 Å². The second-order valence-corrected chi connectivity index (χ2v) is 10.7. The SMILES string of the molecule is CC(CC[N+]1=Cc2ccccc2C(Cc2ccccc2)(Cc2ccccc2)C1)S(=O)(=O)[O-]. The van der Waals surface area contributed by atoms with Gasteiger partial charge in [-0.3, -0.25) is 0 Å². The predicted octanol–water partition coefficient (Wildman–Crippen LogP) is 4.18. The van der Waals surface area contributed by atoms with E-state index in [1.807, 2.05) is 18.2 Å². The van der Waals surface area contributed by atoms with Crippen LogP contribution in [-0.2, 0) is 28.4 Å². The molecule has 32 heavy (non-hydrogen) atoms. The van der Waals surface area contributed by atoms with Crippen molar-refractivity contribution in [3.63, 3.8) is 0 Å². The second kappa shape index (κ2) is 9.39. The minimum absolute atomic E-state index is 0.173. The highest BCUT2D eigenvalue weighted by molar-refractivity contribution is 7.86. The van der Waals surface area contributed by atoms with Crippen LogP contribution in [0.15, 0.2) is 84.9 Å². The Morgan fingerprint density at radius 1 is 0.875 bits per heavy atom. The quantitative estimate of drug-likeness (QED) is 0.384. The van der Waals surface area contributed by atoms with Crippen LogP contribution in [0, 0.1) is 0 Å². The summed E-state index contributed by atoms with van der Waals surface area (Å²) in [6.07, 6.45) is 4.18. The molecule has 4 nitrogen and oxygen atoms in total. The van der Waals surface area contributed by atoms with Gasteiger partial charge in [-0.2, -0.15) is 0 Å². The average molecular weight is 448 g/mol. The molecule has 0 saturated heterocycles. The summed E-state index contributed by atoms with van der Waals surface area (Å²) in [7, 11) is -4.28. The van der Waals surface area contributed by atoms with Gasteiger partial charge in [-0.1, -0.05) is 78.9 Å². The molecule has 1 aliphatic rings. The van der Waals surface area contributed by atoms with Crippen molar-refractivity contribution in [3.05, 3.63) is 107 Å². The van der Waals surface area contributed by atoms with Crippen LogP contribution in [0.5, 0.6) is 0 Å². The highest BCUT2D eigenvalue weighted by Gasteiger charge is 2.42. The lowest BCUT2D eigenvalue weighted by Crippen LogP contribution is -2.45. The molecular weight excluding hydrogens is 418 g/mol. The van der Waals surface area contributed by atoms with Gasteiger partial charge in [0.25, 0.3) is 0 Å². The maximum absolute atomic E-state index is 11.4. The molecule has 5 heteroatoms. The summed E-state index contributed by atoms with van der Waals surface area (Å²) in [5, 5.41) is -0.897. The normalized spacial score (nSPS) is 16.1. The number of hydrogen-bond acceptors (Lipinski definition) is 3. The molecular formula is C27H29NO3S. The van der Waals surface area contributed by atoms with Crippen LogP contribution in [0.1, 0.15) is 35.6 Å². The van der Waals surface area contributed by atoms with Crippen LogP contribution in [0.4, 0.5) is 0 Å². The van der Waals surface area contributed by atoms with Gasteiger partial charge in [0.2, 0.25) is 0 Å². The summed E-state index contributed by atoms with van der Waals surface area (Å²) < 4.78 is 36.5. The molecule has 0 amide bonds. The fraction of sp³-hybridized carbons (Fsp3) is 0.296. The van der Waals surface area contributed by atoms with Crippen LogP contribution in [0.25, 0.3) is 0 Å². The van der Waals surface area contributed by atoms with E-state index in [9.17, 15) is 13.0 Å². The van der Waals surface area contributed by atoms with E-state index in [-0.39, 0.29) is 5.41 Å². The number of nitrogens with zero attached hydrogens (tertiary/aromatic N) is 1. The Morgan fingerprint density at radius 2 is 1.41 bits per heavy atom. The lowest BCUT2D eigenvalue weighted by molar-refractivity contribution is -0.535. The third-order valence-corrected chi connectivity index (χ3v) is 7.67. The molecule has 1 heterocycles. The molecule has 0 aromatic heterocycles. The first kappa shape index (κ1) is 22.4. The third-order valence-electron chi connectivity index (χ3n) is 6.45. The highest BCUT2D eigenvalue weighted by atomic mass is 32.2. The summed E-state index contributed by atoms with van der Waals surface area (Å²) in [5.41, 5.74) is 4.84. The molecule has 4 rings (SSSR count). The van der Waals surface area contributed by atoms with Crippen molar-refractivity contribution in [1.82, 2.24) is 0 Å². The van der Waals surface area contributed by atoms with Gasteiger partial charge in [0.15, 0.2) is 12.8 Å². The summed E-state index contributed by atoms with van der Waals surface area (Å²) in [5.74, 6) is 0. The fourth-order valence-electron chi connectivity index (χ4n) is 4.78. The summed E-state index contributed by atoms with van der Waals surface area (Å²) in [6, 6.07) is 29.5. The van der Waals surface area contributed by atoms with Crippen LogP contribution in [0.2, 0.25) is 0 Å². The minimum Gasteiger partial charge on any atom is -0.748 e. The molecule has 0 N–H and O–H groups in total. The molecule has 0 aliphatic carbocycles. The Bertz CT molecular complexity index is 1150. The molecule has 1 aliphatic heterocycles. The molecule has 3 aromatic carbocycles. The van der Waals surface area contributed by atoms with E-state index >= 15 is 0 Å². The molecule has 1 atom stereocenters. The van der Waals surface area contributed by atoms with Gasteiger partial charge in [-0.25, -0.2) is 13.0 Å². The summed E-state index contributed by atoms with van der Waals surface area (Å²) in [4.78, 5) is 0. The second-order valence-electron chi connectivity index (χ2n) is 8.88. The van der Waals surface area contributed by atoms with Crippen molar-refractivity contribution in [2.75, 3.05) is 13.1 Å². The van der Waals surface area contributed by atoms with E-state index in [4.69, 9.17) is 0 Å². The van der Waals surface area contributed by atoms with Crippen molar-refractivity contribution < 1.29 is 17.5 Å². The van der Waals surface area contributed by atoms with Crippen molar-refractivity contribution in [3.8, 4) is 0 Å². The number of hydrogen-bond donors (Lipinski definition) is 0. The van der Waals surface area contributed by atoms with E-state index < -0.39 is 15.4 Å². The first-order chi connectivity index (χ1) is 15.4. The van der Waals surface area contributed by atoms with Crippen molar-refractivity contribution in [1.29, 1.82) is 0 Å².